The molecule has 0 spiro atoms. The van der Waals surface area contributed by atoms with Crippen LogP contribution in [0.2, 0.25) is 0 Å². The zero-order valence-electron chi connectivity index (χ0n) is 8.14. The molecular weight excluding hydrogens is 217 g/mol. The fourth-order valence-electron chi connectivity index (χ4n) is 1.11. The van der Waals surface area contributed by atoms with Gasteiger partial charge in [0.2, 0.25) is 0 Å². The Kier molecular flexibility index (Phi) is 4.28. The first-order chi connectivity index (χ1) is 5.79. The molecule has 0 aromatic heterocycles. The number of thioether (sulfide) groups is 1. The van der Waals surface area contributed by atoms with E-state index >= 15 is 0 Å². The van der Waals surface area contributed by atoms with Gasteiger partial charge >= 0.3 is 29.6 Å². The van der Waals surface area contributed by atoms with Gasteiger partial charge < -0.3 is 1.43 Å². The van der Waals surface area contributed by atoms with Crippen molar-refractivity contribution >= 4 is 28.7 Å². The molecule has 0 fully saturated rings. The minimum absolute atomic E-state index is 0. The van der Waals surface area contributed by atoms with Crippen molar-refractivity contribution < 1.29 is 39.7 Å². The van der Waals surface area contributed by atoms with E-state index in [1.165, 1.54) is 4.31 Å². The van der Waals surface area contributed by atoms with Crippen LogP contribution in [0.25, 0.3) is 0 Å². The number of nitrogens with zero attached hydrogens (tertiary/aromatic N) is 1. The van der Waals surface area contributed by atoms with Gasteiger partial charge in [0.05, 0.1) is 11.6 Å². The summed E-state index contributed by atoms with van der Waals surface area (Å²) in [5.74, 6) is 0.558. The largest absolute Gasteiger partial charge is 1.00 e. The second kappa shape index (κ2) is 4.82. The number of rotatable bonds is 1. The van der Waals surface area contributed by atoms with Crippen molar-refractivity contribution in [3.63, 3.8) is 0 Å². The van der Waals surface area contributed by atoms with Crippen LogP contribution in [0.3, 0.4) is 0 Å². The average Bonchev–Trinajstić information content (AvgIpc) is 2.47. The zero-order valence-corrected chi connectivity index (χ0v) is 10.8. The first-order valence-corrected chi connectivity index (χ1v) is 5.44. The quantitative estimate of drug-likeness (QED) is 0.482. The third kappa shape index (κ3) is 2.29. The molecule has 1 atom stereocenters. The number of para-hydroxylation sites is 1. The molecule has 0 saturated carbocycles. The Morgan fingerprint density at radius 2 is 2.23 bits per heavy atom. The topological polar surface area (TPSA) is 40.5 Å². The Bertz CT molecular complexity index is 339. The predicted molar refractivity (Wildman–Crippen MR) is 51.5 cm³/mol. The van der Waals surface area contributed by atoms with Crippen molar-refractivity contribution in [2.45, 2.75) is 4.90 Å². The van der Waals surface area contributed by atoms with Gasteiger partial charge in [-0.3, -0.25) is 8.86 Å². The normalized spacial score (nSPS) is 16.2. The summed E-state index contributed by atoms with van der Waals surface area (Å²) >= 11 is -0.313. The molecule has 1 aromatic rings. The van der Waals surface area contributed by atoms with E-state index in [1.54, 1.807) is 11.8 Å². The first-order valence-electron chi connectivity index (χ1n) is 3.39. The molecule has 1 aliphatic heterocycles. The van der Waals surface area contributed by atoms with Crippen LogP contribution in [0.15, 0.2) is 29.2 Å². The van der Waals surface area contributed by atoms with Crippen molar-refractivity contribution in [1.29, 1.82) is 0 Å². The van der Waals surface area contributed by atoms with Gasteiger partial charge in [-0.2, -0.15) is 0 Å². The van der Waals surface area contributed by atoms with Crippen molar-refractivity contribution in [1.82, 2.24) is 0 Å². The summed E-state index contributed by atoms with van der Waals surface area (Å²) in [4.78, 5) is 1.07. The van der Waals surface area contributed by atoms with Crippen LogP contribution in [0, 0.1) is 0 Å². The van der Waals surface area contributed by atoms with E-state index < -0.39 is 11.3 Å². The SMILES string of the molecule is O=S(O)N1CSc2ccccc21.[H-].[Na+]. The summed E-state index contributed by atoms with van der Waals surface area (Å²) in [7, 11) is 0. The van der Waals surface area contributed by atoms with Gasteiger partial charge in [0.25, 0.3) is 11.3 Å². The molecule has 0 aliphatic carbocycles. The van der Waals surface area contributed by atoms with Gasteiger partial charge in [-0.1, -0.05) is 12.1 Å². The van der Waals surface area contributed by atoms with Gasteiger partial charge in [-0.15, -0.1) is 11.8 Å². The fraction of sp³-hybridized carbons (Fsp3) is 0.143. The molecule has 0 amide bonds. The molecule has 3 nitrogen and oxygen atoms in total. The molecule has 1 aromatic carbocycles. The Hall–Kier alpha value is 0.480. The predicted octanol–water partition coefficient (Wildman–Crippen LogP) is -1.19. The third-order valence-electron chi connectivity index (χ3n) is 1.66. The van der Waals surface area contributed by atoms with E-state index in [2.05, 4.69) is 0 Å². The van der Waals surface area contributed by atoms with Crippen LogP contribution >= 0.6 is 11.8 Å². The molecule has 1 heterocycles. The monoisotopic (exact) mass is 225 g/mol. The van der Waals surface area contributed by atoms with Gasteiger partial charge in [-0.25, -0.2) is 4.21 Å². The number of anilines is 1. The van der Waals surface area contributed by atoms with Gasteiger partial charge in [0.15, 0.2) is 0 Å². The van der Waals surface area contributed by atoms with Gasteiger partial charge in [0.1, 0.15) is 0 Å². The standard InChI is InChI=1S/C7H7NO2S2.Na.H/c9-12(10)8-5-11-7-4-2-1-3-6(7)8;;/h1-4H,5H2,(H,9,10);;/q;+1;-1. The first kappa shape index (κ1) is 11.6. The number of fused-ring (bicyclic) bond motifs is 1. The van der Waals surface area contributed by atoms with Crippen molar-refractivity contribution in [2.75, 3.05) is 10.2 Å². The average molecular weight is 225 g/mol. The van der Waals surface area contributed by atoms with E-state index in [9.17, 15) is 4.21 Å². The maximum absolute atomic E-state index is 10.8. The van der Waals surface area contributed by atoms with Crippen LogP contribution < -0.4 is 33.9 Å². The fourth-order valence-corrected chi connectivity index (χ4v) is 2.91. The summed E-state index contributed by atoms with van der Waals surface area (Å²) in [5.41, 5.74) is 0.850. The molecule has 1 N–H and O–H groups in total. The van der Waals surface area contributed by atoms with Crippen LogP contribution in [0.4, 0.5) is 5.69 Å². The molecule has 13 heavy (non-hydrogen) atoms. The zero-order chi connectivity index (χ0) is 8.55. The van der Waals surface area contributed by atoms with Crippen molar-refractivity contribution in [3.05, 3.63) is 24.3 Å². The molecule has 6 heteroatoms. The molecule has 2 rings (SSSR count). The Morgan fingerprint density at radius 3 is 2.92 bits per heavy atom. The summed E-state index contributed by atoms with van der Waals surface area (Å²) < 4.78 is 21.1. The minimum atomic E-state index is -1.89. The summed E-state index contributed by atoms with van der Waals surface area (Å²) in [6, 6.07) is 7.59. The molecule has 66 valence electrons. The van der Waals surface area contributed by atoms with E-state index in [4.69, 9.17) is 4.55 Å². The number of hydrogen-bond donors (Lipinski definition) is 1. The second-order valence-corrected chi connectivity index (χ2v) is 4.24. The smallest absolute Gasteiger partial charge is 1.00 e. The van der Waals surface area contributed by atoms with Crippen LogP contribution in [-0.4, -0.2) is 14.6 Å². The van der Waals surface area contributed by atoms with Crippen LogP contribution in [0.5, 0.6) is 0 Å². The Morgan fingerprint density at radius 1 is 1.54 bits per heavy atom. The van der Waals surface area contributed by atoms with Gasteiger partial charge in [-0.05, 0) is 12.1 Å². The van der Waals surface area contributed by atoms with E-state index in [0.29, 0.717) is 5.88 Å². The molecule has 0 saturated heterocycles. The van der Waals surface area contributed by atoms with Crippen LogP contribution in [-0.2, 0) is 11.3 Å². The summed E-state index contributed by atoms with van der Waals surface area (Å²) in [6.45, 7) is 0. The second-order valence-electron chi connectivity index (χ2n) is 2.35. The van der Waals surface area contributed by atoms with Crippen molar-refractivity contribution in [2.24, 2.45) is 0 Å². The Balaban J connectivity index is 0.000000845. The summed E-state index contributed by atoms with van der Waals surface area (Å²) in [6.07, 6.45) is 0. The number of hydrogen-bond acceptors (Lipinski definition) is 2. The molecule has 1 unspecified atom stereocenters. The molecule has 1 aliphatic rings. The minimum Gasteiger partial charge on any atom is -1.00 e. The number of benzene rings is 1. The van der Waals surface area contributed by atoms with Crippen molar-refractivity contribution in [3.8, 4) is 0 Å². The maximum atomic E-state index is 10.8. The Labute approximate surface area is 107 Å². The molecule has 0 bridgehead atoms. The third-order valence-corrected chi connectivity index (χ3v) is 3.57. The maximum Gasteiger partial charge on any atom is 1.00 e. The molecular formula is C7H8NNaO2S2. The van der Waals surface area contributed by atoms with Crippen LogP contribution in [0.1, 0.15) is 1.43 Å². The molecule has 0 radical (unpaired) electrons. The summed E-state index contributed by atoms with van der Waals surface area (Å²) in [5, 5.41) is 0. The van der Waals surface area contributed by atoms with E-state index in [-0.39, 0.29) is 31.0 Å². The van der Waals surface area contributed by atoms with E-state index in [0.717, 1.165) is 10.6 Å². The van der Waals surface area contributed by atoms with E-state index in [1.807, 2.05) is 24.3 Å². The van der Waals surface area contributed by atoms with Gasteiger partial charge in [0, 0.05) is 4.90 Å².